The summed E-state index contributed by atoms with van der Waals surface area (Å²) in [5.74, 6) is 0.0678. The monoisotopic (exact) mass is 234 g/mol. The van der Waals surface area contributed by atoms with E-state index in [0.29, 0.717) is 11.5 Å². The van der Waals surface area contributed by atoms with E-state index in [0.717, 1.165) is 5.69 Å². The van der Waals surface area contributed by atoms with E-state index in [1.54, 1.807) is 16.8 Å². The van der Waals surface area contributed by atoms with Crippen LogP contribution in [0.1, 0.15) is 26.5 Å². The van der Waals surface area contributed by atoms with Crippen LogP contribution >= 0.6 is 0 Å². The van der Waals surface area contributed by atoms with Gasteiger partial charge in [-0.1, -0.05) is 32.1 Å². The molecule has 0 atom stereocenters. The van der Waals surface area contributed by atoms with Gasteiger partial charge in [-0.05, 0) is 18.2 Å². The second kappa shape index (κ2) is 3.84. The lowest BCUT2D eigenvalue weighted by Gasteiger charge is -2.20. The summed E-state index contributed by atoms with van der Waals surface area (Å²) in [5, 5.41) is 7.83. The molecule has 0 amide bonds. The minimum absolute atomic E-state index is 0.208. The Morgan fingerprint density at radius 3 is 2.59 bits per heavy atom. The molecule has 0 fully saturated rings. The molecule has 17 heavy (non-hydrogen) atoms. The Balaban J connectivity index is 2.61. The fourth-order valence-electron chi connectivity index (χ4n) is 1.78. The predicted molar refractivity (Wildman–Crippen MR) is 64.4 cm³/mol. The first-order valence-corrected chi connectivity index (χ1v) is 5.37. The summed E-state index contributed by atoms with van der Waals surface area (Å²) in [5.41, 5.74) is 7.01. The molecule has 1 aromatic heterocycles. The first-order valence-electron chi connectivity index (χ1n) is 5.37. The molecule has 0 saturated heterocycles. The van der Waals surface area contributed by atoms with E-state index < -0.39 is 0 Å². The van der Waals surface area contributed by atoms with E-state index in [4.69, 9.17) is 5.73 Å². The van der Waals surface area contributed by atoms with Gasteiger partial charge in [0, 0.05) is 5.41 Å². The second-order valence-electron chi connectivity index (χ2n) is 4.96. The molecule has 0 bridgehead atoms. The second-order valence-corrected chi connectivity index (χ2v) is 4.96. The Hall–Kier alpha value is -1.91. The van der Waals surface area contributed by atoms with E-state index in [1.807, 2.05) is 20.8 Å². The highest BCUT2D eigenvalue weighted by molar-refractivity contribution is 5.44. The minimum atomic E-state index is -0.309. The zero-order valence-electron chi connectivity index (χ0n) is 10.1. The maximum atomic E-state index is 13.2. The van der Waals surface area contributed by atoms with Crippen molar-refractivity contribution in [1.29, 1.82) is 0 Å². The number of hydrogen-bond acceptors (Lipinski definition) is 3. The van der Waals surface area contributed by atoms with Crippen molar-refractivity contribution < 1.29 is 4.39 Å². The van der Waals surface area contributed by atoms with Crippen molar-refractivity contribution in [3.05, 3.63) is 35.8 Å². The fourth-order valence-corrected chi connectivity index (χ4v) is 1.78. The molecule has 0 unspecified atom stereocenters. The van der Waals surface area contributed by atoms with Gasteiger partial charge in [-0.25, -0.2) is 9.07 Å². The molecule has 0 aliphatic heterocycles. The SMILES string of the molecule is CC(C)(C)c1c(N)nnn1-c1cccc(F)c1. The van der Waals surface area contributed by atoms with Crippen LogP contribution in [0.4, 0.5) is 10.2 Å². The summed E-state index contributed by atoms with van der Waals surface area (Å²) >= 11 is 0. The maximum absolute atomic E-state index is 13.2. The molecule has 5 heteroatoms. The largest absolute Gasteiger partial charge is 0.381 e. The number of halogens is 1. The Morgan fingerprint density at radius 2 is 2.00 bits per heavy atom. The zero-order chi connectivity index (χ0) is 12.6. The van der Waals surface area contributed by atoms with Gasteiger partial charge in [0.05, 0.1) is 11.4 Å². The van der Waals surface area contributed by atoms with Gasteiger partial charge in [-0.3, -0.25) is 0 Å². The average Bonchev–Trinajstić information content (AvgIpc) is 2.59. The Morgan fingerprint density at radius 1 is 1.29 bits per heavy atom. The topological polar surface area (TPSA) is 56.7 Å². The third-order valence-corrected chi connectivity index (χ3v) is 2.46. The van der Waals surface area contributed by atoms with Crippen LogP contribution in [0.25, 0.3) is 5.69 Å². The van der Waals surface area contributed by atoms with Gasteiger partial charge in [0.1, 0.15) is 5.82 Å². The molecule has 2 aromatic rings. The van der Waals surface area contributed by atoms with Crippen LogP contribution in [0.15, 0.2) is 24.3 Å². The van der Waals surface area contributed by atoms with Gasteiger partial charge < -0.3 is 5.73 Å². The van der Waals surface area contributed by atoms with Crippen LogP contribution in [-0.2, 0) is 5.41 Å². The number of nitrogens with zero attached hydrogens (tertiary/aromatic N) is 3. The quantitative estimate of drug-likeness (QED) is 0.823. The molecule has 1 aromatic carbocycles. The van der Waals surface area contributed by atoms with Gasteiger partial charge in [-0.2, -0.15) is 0 Å². The van der Waals surface area contributed by atoms with Gasteiger partial charge in [0.2, 0.25) is 0 Å². The van der Waals surface area contributed by atoms with Crippen LogP contribution < -0.4 is 5.73 Å². The fraction of sp³-hybridized carbons (Fsp3) is 0.333. The van der Waals surface area contributed by atoms with Gasteiger partial charge in [0.15, 0.2) is 5.82 Å². The molecular formula is C12H15FN4. The molecule has 90 valence electrons. The molecule has 0 saturated carbocycles. The van der Waals surface area contributed by atoms with Crippen LogP contribution in [-0.4, -0.2) is 15.0 Å². The zero-order valence-corrected chi connectivity index (χ0v) is 10.1. The van der Waals surface area contributed by atoms with Gasteiger partial charge in [0.25, 0.3) is 0 Å². The number of nitrogens with two attached hydrogens (primary N) is 1. The van der Waals surface area contributed by atoms with E-state index in [9.17, 15) is 4.39 Å². The summed E-state index contributed by atoms with van der Waals surface area (Å²) in [6.07, 6.45) is 0. The lowest BCUT2D eigenvalue weighted by atomic mass is 9.91. The summed E-state index contributed by atoms with van der Waals surface area (Å²) in [6, 6.07) is 6.20. The van der Waals surface area contributed by atoms with Crippen molar-refractivity contribution >= 4 is 5.82 Å². The molecule has 2 N–H and O–H groups in total. The van der Waals surface area contributed by atoms with Crippen LogP contribution in [0.2, 0.25) is 0 Å². The summed E-state index contributed by atoms with van der Waals surface area (Å²) in [6.45, 7) is 6.04. The Labute approximate surface area is 99.2 Å². The van der Waals surface area contributed by atoms with Crippen molar-refractivity contribution in [3.63, 3.8) is 0 Å². The maximum Gasteiger partial charge on any atom is 0.170 e. The third kappa shape index (κ3) is 2.13. The molecule has 0 radical (unpaired) electrons. The van der Waals surface area contributed by atoms with E-state index in [1.165, 1.54) is 12.1 Å². The smallest absolute Gasteiger partial charge is 0.170 e. The third-order valence-electron chi connectivity index (χ3n) is 2.46. The first kappa shape index (κ1) is 11.6. The number of nitrogen functional groups attached to an aromatic ring is 1. The van der Waals surface area contributed by atoms with Crippen LogP contribution in [0.5, 0.6) is 0 Å². The molecule has 2 rings (SSSR count). The summed E-state index contributed by atoms with van der Waals surface area (Å²) < 4.78 is 14.8. The Kier molecular flexibility index (Phi) is 2.61. The Bertz CT molecular complexity index is 540. The van der Waals surface area contributed by atoms with Gasteiger partial charge in [-0.15, -0.1) is 5.10 Å². The average molecular weight is 234 g/mol. The molecular weight excluding hydrogens is 219 g/mol. The normalized spacial score (nSPS) is 11.8. The van der Waals surface area contributed by atoms with Gasteiger partial charge >= 0.3 is 0 Å². The minimum Gasteiger partial charge on any atom is -0.381 e. The highest BCUT2D eigenvalue weighted by Gasteiger charge is 2.24. The number of anilines is 1. The standard InChI is InChI=1S/C12H15FN4/c1-12(2,3)10-11(14)15-16-17(10)9-6-4-5-8(13)7-9/h4-7H,14H2,1-3H3. The van der Waals surface area contributed by atoms with Crippen molar-refractivity contribution in [3.8, 4) is 5.69 Å². The van der Waals surface area contributed by atoms with E-state index >= 15 is 0 Å². The highest BCUT2D eigenvalue weighted by Crippen LogP contribution is 2.28. The molecule has 0 spiro atoms. The molecule has 4 nitrogen and oxygen atoms in total. The summed E-state index contributed by atoms with van der Waals surface area (Å²) in [7, 11) is 0. The number of aromatic nitrogens is 3. The number of hydrogen-bond donors (Lipinski definition) is 1. The number of rotatable bonds is 1. The highest BCUT2D eigenvalue weighted by atomic mass is 19.1. The lowest BCUT2D eigenvalue weighted by molar-refractivity contribution is 0.542. The lowest BCUT2D eigenvalue weighted by Crippen LogP contribution is -2.19. The summed E-state index contributed by atoms with van der Waals surface area (Å²) in [4.78, 5) is 0. The van der Waals surface area contributed by atoms with Crippen molar-refractivity contribution in [1.82, 2.24) is 15.0 Å². The predicted octanol–water partition coefficient (Wildman–Crippen LogP) is 2.29. The van der Waals surface area contributed by atoms with Crippen molar-refractivity contribution in [2.24, 2.45) is 0 Å². The van der Waals surface area contributed by atoms with E-state index in [-0.39, 0.29) is 11.2 Å². The number of benzene rings is 1. The first-order chi connectivity index (χ1) is 7.89. The van der Waals surface area contributed by atoms with Crippen molar-refractivity contribution in [2.75, 3.05) is 5.73 Å². The molecule has 0 aliphatic rings. The van der Waals surface area contributed by atoms with Crippen LogP contribution in [0, 0.1) is 5.82 Å². The van der Waals surface area contributed by atoms with Crippen molar-refractivity contribution in [2.45, 2.75) is 26.2 Å². The van der Waals surface area contributed by atoms with Crippen LogP contribution in [0.3, 0.4) is 0 Å². The molecule has 0 aliphatic carbocycles. The van der Waals surface area contributed by atoms with E-state index in [2.05, 4.69) is 10.3 Å². The molecule has 1 heterocycles.